The molecule has 0 aromatic heterocycles. The van der Waals surface area contributed by atoms with Crippen LogP contribution in [0.5, 0.6) is 0 Å². The van der Waals surface area contributed by atoms with Crippen LogP contribution in [0.2, 0.25) is 0 Å². The van der Waals surface area contributed by atoms with Crippen LogP contribution in [0.4, 0.5) is 0 Å². The molecule has 1 aliphatic rings. The molecule has 0 atom stereocenters. The van der Waals surface area contributed by atoms with Gasteiger partial charge in [-0.3, -0.25) is 9.69 Å². The van der Waals surface area contributed by atoms with E-state index in [2.05, 4.69) is 54.5 Å². The molecule has 5 nitrogen and oxygen atoms in total. The highest BCUT2D eigenvalue weighted by molar-refractivity contribution is 6.37. The number of hydrogen-bond acceptors (Lipinski definition) is 4. The number of nitrogens with one attached hydrogen (secondary N) is 1. The van der Waals surface area contributed by atoms with Gasteiger partial charge in [-0.05, 0) is 56.9 Å². The zero-order valence-corrected chi connectivity index (χ0v) is 17.1. The van der Waals surface area contributed by atoms with E-state index in [-0.39, 0.29) is 11.6 Å². The topological polar surface area (TPSA) is 64.9 Å². The van der Waals surface area contributed by atoms with E-state index in [0.29, 0.717) is 6.54 Å². The predicted molar refractivity (Wildman–Crippen MR) is 113 cm³/mol. The Morgan fingerprint density at radius 1 is 1.33 bits per heavy atom. The van der Waals surface area contributed by atoms with Gasteiger partial charge in [0.2, 0.25) is 0 Å². The molecule has 0 unspecified atom stereocenters. The fraction of sp³-hybridized carbons (Fsp3) is 0.455. The number of hydrogen-bond donors (Lipinski definition) is 2. The molecule has 0 radical (unpaired) electrons. The first-order valence-electron chi connectivity index (χ1n) is 9.37. The lowest BCUT2D eigenvalue weighted by Crippen LogP contribution is -2.38. The van der Waals surface area contributed by atoms with Gasteiger partial charge in [0.1, 0.15) is 5.71 Å². The molecule has 0 aromatic carbocycles. The Morgan fingerprint density at radius 3 is 2.63 bits per heavy atom. The number of carbonyl (C=O) groups excluding carboxylic acids is 1. The molecule has 0 aliphatic carbocycles. The van der Waals surface area contributed by atoms with Crippen molar-refractivity contribution in [3.8, 4) is 0 Å². The Hall–Kier alpha value is -2.40. The monoisotopic (exact) mass is 371 g/mol. The van der Waals surface area contributed by atoms with Gasteiger partial charge in [0, 0.05) is 19.6 Å². The summed E-state index contributed by atoms with van der Waals surface area (Å²) in [5, 5.41) is 14.5. The highest BCUT2D eigenvalue weighted by atomic mass is 16.4. The summed E-state index contributed by atoms with van der Waals surface area (Å²) in [6, 6.07) is 0. The summed E-state index contributed by atoms with van der Waals surface area (Å²) in [4.78, 5) is 14.3. The van der Waals surface area contributed by atoms with Crippen LogP contribution >= 0.6 is 0 Å². The van der Waals surface area contributed by atoms with Crippen molar-refractivity contribution < 1.29 is 10.0 Å². The number of nitrogens with zero attached hydrogens (tertiary/aromatic N) is 2. The molecule has 1 heterocycles. The molecule has 1 amide bonds. The summed E-state index contributed by atoms with van der Waals surface area (Å²) < 4.78 is 0. The number of likely N-dealkylation sites (N-methyl/N-ethyl adjacent to an activating group) is 1. The zero-order valence-electron chi connectivity index (χ0n) is 17.1. The minimum Gasteiger partial charge on any atom is -0.410 e. The number of amides is 1. The second-order valence-electron chi connectivity index (χ2n) is 6.98. The quantitative estimate of drug-likeness (QED) is 0.279. The summed E-state index contributed by atoms with van der Waals surface area (Å²) >= 11 is 0. The summed E-state index contributed by atoms with van der Waals surface area (Å²) in [7, 11) is 0. The third kappa shape index (κ3) is 7.39. The highest BCUT2D eigenvalue weighted by Gasteiger charge is 2.20. The predicted octanol–water partition coefficient (Wildman–Crippen LogP) is 4.00. The van der Waals surface area contributed by atoms with Gasteiger partial charge in [-0.15, -0.1) is 0 Å². The summed E-state index contributed by atoms with van der Waals surface area (Å²) in [5.74, 6) is -0.357. The van der Waals surface area contributed by atoms with Gasteiger partial charge < -0.3 is 10.5 Å². The van der Waals surface area contributed by atoms with E-state index in [0.717, 1.165) is 43.6 Å². The van der Waals surface area contributed by atoms with E-state index in [1.54, 1.807) is 0 Å². The van der Waals surface area contributed by atoms with Crippen LogP contribution in [0.1, 0.15) is 40.5 Å². The fourth-order valence-corrected chi connectivity index (χ4v) is 2.95. The van der Waals surface area contributed by atoms with Gasteiger partial charge in [-0.1, -0.05) is 54.6 Å². The number of oxime groups is 1. The van der Waals surface area contributed by atoms with Gasteiger partial charge in [0.15, 0.2) is 0 Å². The number of carbonyl (C=O) groups is 1. The largest absolute Gasteiger partial charge is 0.410 e. The average molecular weight is 372 g/mol. The van der Waals surface area contributed by atoms with Crippen LogP contribution < -0.4 is 5.32 Å². The molecule has 148 valence electrons. The molecule has 27 heavy (non-hydrogen) atoms. The van der Waals surface area contributed by atoms with Gasteiger partial charge in [0.25, 0.3) is 5.91 Å². The van der Waals surface area contributed by atoms with E-state index >= 15 is 0 Å². The van der Waals surface area contributed by atoms with E-state index < -0.39 is 0 Å². The standard InChI is InChI=1S/C22H33N3O2/c1-7-16(3)9-10-17(4)13-18(5)21-11-12-25(8-2)15-20(21)14-23-22(26)19(6)24-27/h7,9-10,27H,1,5,8,11-15H2,2-4,6H3,(H,23,26)/b16-9-,17-10-,24-19+. The SMILES string of the molecule is C=C/C(C)=C\C=C(\C)CC(=C)C1=C(CNC(=O)/C(C)=N/O)CN(CC)CC1. The molecule has 1 rings (SSSR count). The minimum atomic E-state index is -0.357. The third-order valence-corrected chi connectivity index (χ3v) is 4.78. The molecule has 0 spiro atoms. The maximum absolute atomic E-state index is 11.9. The first kappa shape index (κ1) is 22.6. The second-order valence-corrected chi connectivity index (χ2v) is 6.98. The van der Waals surface area contributed by atoms with Crippen molar-refractivity contribution in [1.82, 2.24) is 10.2 Å². The van der Waals surface area contributed by atoms with Gasteiger partial charge in [-0.25, -0.2) is 0 Å². The lowest BCUT2D eigenvalue weighted by atomic mass is 9.90. The van der Waals surface area contributed by atoms with Crippen molar-refractivity contribution in [1.29, 1.82) is 0 Å². The summed E-state index contributed by atoms with van der Waals surface area (Å²) in [6.45, 7) is 19.0. The van der Waals surface area contributed by atoms with Crippen molar-refractivity contribution >= 4 is 11.6 Å². The minimum absolute atomic E-state index is 0.0577. The van der Waals surface area contributed by atoms with Crippen LogP contribution in [0.15, 0.2) is 64.4 Å². The molecule has 0 bridgehead atoms. The Morgan fingerprint density at radius 2 is 2.04 bits per heavy atom. The van der Waals surface area contributed by atoms with Crippen LogP contribution in [0, 0.1) is 0 Å². The Kier molecular flexibility index (Phi) is 9.51. The van der Waals surface area contributed by atoms with Crippen molar-refractivity contribution in [2.24, 2.45) is 5.16 Å². The van der Waals surface area contributed by atoms with Crippen molar-refractivity contribution in [3.63, 3.8) is 0 Å². The van der Waals surface area contributed by atoms with E-state index in [4.69, 9.17) is 5.21 Å². The lowest BCUT2D eigenvalue weighted by Gasteiger charge is -2.31. The average Bonchev–Trinajstić information content (AvgIpc) is 2.68. The van der Waals surface area contributed by atoms with Crippen molar-refractivity contribution in [2.75, 3.05) is 26.2 Å². The maximum atomic E-state index is 11.9. The molecule has 0 saturated heterocycles. The van der Waals surface area contributed by atoms with E-state index in [9.17, 15) is 4.79 Å². The van der Waals surface area contributed by atoms with Gasteiger partial charge in [-0.2, -0.15) is 0 Å². The lowest BCUT2D eigenvalue weighted by molar-refractivity contribution is -0.114. The first-order chi connectivity index (χ1) is 12.8. The maximum Gasteiger partial charge on any atom is 0.269 e. The second kappa shape index (κ2) is 11.3. The Balaban J connectivity index is 2.94. The van der Waals surface area contributed by atoms with Gasteiger partial charge in [0.05, 0.1) is 0 Å². The fourth-order valence-electron chi connectivity index (χ4n) is 2.95. The molecular weight excluding hydrogens is 338 g/mol. The summed E-state index contributed by atoms with van der Waals surface area (Å²) in [5.41, 5.74) is 5.94. The first-order valence-corrected chi connectivity index (χ1v) is 9.37. The molecule has 0 saturated carbocycles. The molecule has 1 aliphatic heterocycles. The normalized spacial score (nSPS) is 17.1. The highest BCUT2D eigenvalue weighted by Crippen LogP contribution is 2.27. The Labute approximate surface area is 163 Å². The van der Waals surface area contributed by atoms with Crippen LogP contribution in [-0.4, -0.2) is 47.9 Å². The number of rotatable bonds is 9. The smallest absolute Gasteiger partial charge is 0.269 e. The Bertz CT molecular complexity index is 696. The van der Waals surface area contributed by atoms with Crippen LogP contribution in [0.25, 0.3) is 0 Å². The van der Waals surface area contributed by atoms with Crippen LogP contribution in [0.3, 0.4) is 0 Å². The number of allylic oxidation sites excluding steroid dienone is 6. The van der Waals surface area contributed by atoms with E-state index in [1.807, 2.05) is 13.0 Å². The van der Waals surface area contributed by atoms with Crippen molar-refractivity contribution in [3.05, 3.63) is 59.3 Å². The van der Waals surface area contributed by atoms with E-state index in [1.165, 1.54) is 23.6 Å². The molecule has 5 heteroatoms. The van der Waals surface area contributed by atoms with Crippen molar-refractivity contribution in [2.45, 2.75) is 40.5 Å². The summed E-state index contributed by atoms with van der Waals surface area (Å²) in [6.07, 6.45) is 7.73. The molecule has 2 N–H and O–H groups in total. The molecule has 0 fully saturated rings. The molecule has 0 aromatic rings. The van der Waals surface area contributed by atoms with Gasteiger partial charge >= 0.3 is 0 Å². The zero-order chi connectivity index (χ0) is 20.4. The van der Waals surface area contributed by atoms with Crippen LogP contribution in [-0.2, 0) is 4.79 Å². The molecular formula is C22H33N3O2. The third-order valence-electron chi connectivity index (χ3n) is 4.78.